The van der Waals surface area contributed by atoms with Gasteiger partial charge in [-0.3, -0.25) is 0 Å². The third kappa shape index (κ3) is 4.66. The lowest BCUT2D eigenvalue weighted by Crippen LogP contribution is -2.10. The Kier molecular flexibility index (Phi) is 6.58. The van der Waals surface area contributed by atoms with Crippen LogP contribution in [-0.2, 0) is 0 Å². The molecule has 1 heterocycles. The summed E-state index contributed by atoms with van der Waals surface area (Å²) in [6.45, 7) is 11.4. The second-order valence-electron chi connectivity index (χ2n) is 5.14. The fourth-order valence-corrected chi connectivity index (χ4v) is 2.54. The topological polar surface area (TPSA) is 58.0 Å². The summed E-state index contributed by atoms with van der Waals surface area (Å²) >= 11 is 1.70. The molecule has 0 amide bonds. The normalized spacial score (nSPS) is 12.8. The maximum Gasteiger partial charge on any atom is 0.134 e. The van der Waals surface area contributed by atoms with Crippen LogP contribution in [0.15, 0.2) is 5.03 Å². The summed E-state index contributed by atoms with van der Waals surface area (Å²) in [5, 5.41) is 13.4. The van der Waals surface area contributed by atoms with Gasteiger partial charge in [-0.1, -0.05) is 20.8 Å². The molecule has 108 valence electrons. The molecule has 0 aliphatic heterocycles. The molecule has 0 aliphatic carbocycles. The van der Waals surface area contributed by atoms with Crippen LogP contribution in [0.3, 0.4) is 0 Å². The molecule has 0 radical (unpaired) electrons. The molecule has 0 spiro atoms. The molecule has 5 heteroatoms. The molecular formula is C14H25N3OS. The van der Waals surface area contributed by atoms with Crippen molar-refractivity contribution in [2.75, 3.05) is 24.2 Å². The lowest BCUT2D eigenvalue weighted by Gasteiger charge is -2.15. The van der Waals surface area contributed by atoms with Gasteiger partial charge >= 0.3 is 0 Å². The van der Waals surface area contributed by atoms with E-state index in [-0.39, 0.29) is 12.5 Å². The molecule has 0 saturated heterocycles. The van der Waals surface area contributed by atoms with Gasteiger partial charge in [-0.05, 0) is 19.8 Å². The fraction of sp³-hybridized carbons (Fsp3) is 0.714. The van der Waals surface area contributed by atoms with E-state index in [1.165, 1.54) is 0 Å². The van der Waals surface area contributed by atoms with Crippen LogP contribution in [0.5, 0.6) is 0 Å². The Morgan fingerprint density at radius 3 is 2.47 bits per heavy atom. The third-order valence-electron chi connectivity index (χ3n) is 2.80. The standard InChI is InChI=1S/C14H25N3OS/c1-6-15-13-11(5)14(19-8-10(4)7-18)17-12(16-13)9(2)3/h9-10,18H,6-8H2,1-5H3,(H,15,16,17). The molecule has 1 rings (SSSR count). The maximum atomic E-state index is 9.11. The summed E-state index contributed by atoms with van der Waals surface area (Å²) in [6, 6.07) is 0. The summed E-state index contributed by atoms with van der Waals surface area (Å²) < 4.78 is 0. The van der Waals surface area contributed by atoms with Gasteiger partial charge in [-0.15, -0.1) is 11.8 Å². The summed E-state index contributed by atoms with van der Waals surface area (Å²) in [6.07, 6.45) is 0. The monoisotopic (exact) mass is 283 g/mol. The second kappa shape index (κ2) is 7.70. The maximum absolute atomic E-state index is 9.11. The van der Waals surface area contributed by atoms with Gasteiger partial charge in [0.05, 0.1) is 0 Å². The van der Waals surface area contributed by atoms with Crippen molar-refractivity contribution in [2.45, 2.75) is 45.6 Å². The van der Waals surface area contributed by atoms with Gasteiger partial charge in [0.1, 0.15) is 16.7 Å². The lowest BCUT2D eigenvalue weighted by atomic mass is 10.2. The number of nitrogens with one attached hydrogen (secondary N) is 1. The van der Waals surface area contributed by atoms with Crippen molar-refractivity contribution in [3.05, 3.63) is 11.4 Å². The van der Waals surface area contributed by atoms with Crippen LogP contribution in [0, 0.1) is 12.8 Å². The van der Waals surface area contributed by atoms with E-state index in [0.717, 1.165) is 34.5 Å². The van der Waals surface area contributed by atoms with E-state index in [9.17, 15) is 0 Å². The first-order chi connectivity index (χ1) is 8.99. The highest BCUT2D eigenvalue weighted by molar-refractivity contribution is 7.99. The summed E-state index contributed by atoms with van der Waals surface area (Å²) in [7, 11) is 0. The average Bonchev–Trinajstić information content (AvgIpc) is 2.39. The van der Waals surface area contributed by atoms with Gasteiger partial charge in [0.2, 0.25) is 0 Å². The van der Waals surface area contributed by atoms with Crippen molar-refractivity contribution in [3.63, 3.8) is 0 Å². The van der Waals surface area contributed by atoms with E-state index < -0.39 is 0 Å². The SMILES string of the molecule is CCNc1nc(C(C)C)nc(SCC(C)CO)c1C. The Balaban J connectivity index is 3.00. The highest BCUT2D eigenvalue weighted by Crippen LogP contribution is 2.28. The van der Waals surface area contributed by atoms with Crippen LogP contribution in [-0.4, -0.2) is 34.0 Å². The molecule has 0 bridgehead atoms. The zero-order valence-corrected chi connectivity index (χ0v) is 13.3. The van der Waals surface area contributed by atoms with E-state index >= 15 is 0 Å². The molecule has 0 aliphatic rings. The molecule has 1 aromatic rings. The van der Waals surface area contributed by atoms with Gasteiger partial charge in [0, 0.05) is 30.4 Å². The summed E-state index contributed by atoms with van der Waals surface area (Å²) in [4.78, 5) is 9.24. The minimum absolute atomic E-state index is 0.217. The van der Waals surface area contributed by atoms with Crippen LogP contribution in [0.1, 0.15) is 45.0 Å². The predicted octanol–water partition coefficient (Wildman–Crippen LogP) is 3.06. The summed E-state index contributed by atoms with van der Waals surface area (Å²) in [5.41, 5.74) is 1.10. The van der Waals surface area contributed by atoms with Gasteiger partial charge in [0.15, 0.2) is 0 Å². The number of thioether (sulfide) groups is 1. The Bertz CT molecular complexity index is 410. The quantitative estimate of drug-likeness (QED) is 0.595. The van der Waals surface area contributed by atoms with E-state index in [1.54, 1.807) is 11.8 Å². The smallest absolute Gasteiger partial charge is 0.134 e. The average molecular weight is 283 g/mol. The van der Waals surface area contributed by atoms with Gasteiger partial charge in [-0.25, -0.2) is 9.97 Å². The molecule has 0 aromatic carbocycles. The lowest BCUT2D eigenvalue weighted by molar-refractivity contribution is 0.250. The number of hydrogen-bond donors (Lipinski definition) is 2. The first kappa shape index (κ1) is 16.2. The third-order valence-corrected chi connectivity index (χ3v) is 4.20. The van der Waals surface area contributed by atoms with Crippen LogP contribution in [0.4, 0.5) is 5.82 Å². The second-order valence-corrected chi connectivity index (χ2v) is 6.15. The van der Waals surface area contributed by atoms with Gasteiger partial charge < -0.3 is 10.4 Å². The van der Waals surface area contributed by atoms with Gasteiger partial charge in [-0.2, -0.15) is 0 Å². The fourth-order valence-electron chi connectivity index (χ4n) is 1.52. The highest BCUT2D eigenvalue weighted by Gasteiger charge is 2.14. The molecule has 1 atom stereocenters. The van der Waals surface area contributed by atoms with Crippen LogP contribution >= 0.6 is 11.8 Å². The van der Waals surface area contributed by atoms with Gasteiger partial charge in [0.25, 0.3) is 0 Å². The van der Waals surface area contributed by atoms with Crippen molar-refractivity contribution in [3.8, 4) is 0 Å². The van der Waals surface area contributed by atoms with Crippen molar-refractivity contribution >= 4 is 17.6 Å². The number of aliphatic hydroxyl groups excluding tert-OH is 1. The Morgan fingerprint density at radius 1 is 1.26 bits per heavy atom. The van der Waals surface area contributed by atoms with Crippen molar-refractivity contribution in [1.82, 2.24) is 9.97 Å². The molecular weight excluding hydrogens is 258 g/mol. The van der Waals surface area contributed by atoms with Crippen LogP contribution in [0.2, 0.25) is 0 Å². The van der Waals surface area contributed by atoms with Crippen LogP contribution in [0.25, 0.3) is 0 Å². The highest BCUT2D eigenvalue weighted by atomic mass is 32.2. The zero-order chi connectivity index (χ0) is 14.4. The number of anilines is 1. The Morgan fingerprint density at radius 2 is 1.95 bits per heavy atom. The number of aromatic nitrogens is 2. The molecule has 1 unspecified atom stereocenters. The molecule has 0 saturated carbocycles. The molecule has 4 nitrogen and oxygen atoms in total. The number of aliphatic hydroxyl groups is 1. The predicted molar refractivity (Wildman–Crippen MR) is 82.0 cm³/mol. The number of rotatable bonds is 7. The first-order valence-corrected chi connectivity index (χ1v) is 7.84. The minimum atomic E-state index is 0.217. The van der Waals surface area contributed by atoms with E-state index in [0.29, 0.717) is 5.92 Å². The number of nitrogens with zero attached hydrogens (tertiary/aromatic N) is 2. The zero-order valence-electron chi connectivity index (χ0n) is 12.5. The summed E-state index contributed by atoms with van der Waals surface area (Å²) in [5.74, 6) is 3.27. The Hall–Kier alpha value is -0.810. The molecule has 1 aromatic heterocycles. The van der Waals surface area contributed by atoms with Crippen molar-refractivity contribution in [1.29, 1.82) is 0 Å². The molecule has 0 fully saturated rings. The Labute approximate surface area is 120 Å². The minimum Gasteiger partial charge on any atom is -0.396 e. The van der Waals surface area contributed by atoms with Crippen LogP contribution < -0.4 is 5.32 Å². The largest absolute Gasteiger partial charge is 0.396 e. The first-order valence-electron chi connectivity index (χ1n) is 6.85. The van der Waals surface area contributed by atoms with E-state index in [4.69, 9.17) is 5.11 Å². The van der Waals surface area contributed by atoms with Crippen molar-refractivity contribution in [2.24, 2.45) is 5.92 Å². The van der Waals surface area contributed by atoms with E-state index in [1.807, 2.05) is 13.8 Å². The molecule has 2 N–H and O–H groups in total. The van der Waals surface area contributed by atoms with Crippen molar-refractivity contribution < 1.29 is 5.11 Å². The molecule has 19 heavy (non-hydrogen) atoms. The number of hydrogen-bond acceptors (Lipinski definition) is 5. The van der Waals surface area contributed by atoms with E-state index in [2.05, 4.69) is 36.1 Å².